The van der Waals surface area contributed by atoms with Crippen molar-refractivity contribution in [2.24, 2.45) is 0 Å². The van der Waals surface area contributed by atoms with E-state index in [-0.39, 0.29) is 0 Å². The zero-order valence-corrected chi connectivity index (χ0v) is 17.9. The first-order valence-corrected chi connectivity index (χ1v) is 11.0. The summed E-state index contributed by atoms with van der Waals surface area (Å²) in [5, 5.41) is 9.83. The summed E-state index contributed by atoms with van der Waals surface area (Å²) < 4.78 is 1.86. The topological polar surface area (TPSA) is 55.6 Å². The van der Waals surface area contributed by atoms with Crippen molar-refractivity contribution in [3.05, 3.63) is 64.9 Å². The summed E-state index contributed by atoms with van der Waals surface area (Å²) in [6, 6.07) is 15.8. The number of nitrogens with one attached hydrogen (secondary N) is 1. The molecule has 0 aliphatic heterocycles. The molecule has 1 aliphatic rings. The van der Waals surface area contributed by atoms with Gasteiger partial charge >= 0.3 is 0 Å². The zero-order chi connectivity index (χ0) is 20.5. The number of hydrogen-bond acceptors (Lipinski definition) is 4. The van der Waals surface area contributed by atoms with Crippen molar-refractivity contribution in [3.63, 3.8) is 0 Å². The molecule has 0 saturated heterocycles. The molecule has 2 aromatic heterocycles. The van der Waals surface area contributed by atoms with Gasteiger partial charge < -0.3 is 5.32 Å². The van der Waals surface area contributed by atoms with E-state index < -0.39 is 0 Å². The predicted octanol–water partition coefficient (Wildman–Crippen LogP) is 6.53. The molecular formula is C23H21Cl2N5. The van der Waals surface area contributed by atoms with Gasteiger partial charge in [0, 0.05) is 16.6 Å². The Morgan fingerprint density at radius 3 is 2.40 bits per heavy atom. The fourth-order valence-electron chi connectivity index (χ4n) is 4.11. The van der Waals surface area contributed by atoms with Crippen molar-refractivity contribution in [1.82, 2.24) is 19.7 Å². The van der Waals surface area contributed by atoms with E-state index in [1.165, 1.54) is 19.3 Å². The van der Waals surface area contributed by atoms with Gasteiger partial charge in [0.15, 0.2) is 11.3 Å². The van der Waals surface area contributed by atoms with Crippen LogP contribution in [0.1, 0.15) is 32.1 Å². The third kappa shape index (κ3) is 3.64. The molecule has 1 N–H and O–H groups in total. The van der Waals surface area contributed by atoms with Crippen LogP contribution in [0, 0.1) is 0 Å². The third-order valence-electron chi connectivity index (χ3n) is 5.60. The molecule has 152 valence electrons. The monoisotopic (exact) mass is 437 g/mol. The predicted molar refractivity (Wildman–Crippen MR) is 123 cm³/mol. The smallest absolute Gasteiger partial charge is 0.158 e. The minimum Gasteiger partial charge on any atom is -0.365 e. The normalized spacial score (nSPS) is 14.9. The summed E-state index contributed by atoms with van der Waals surface area (Å²) >= 11 is 12.7. The number of aromatic nitrogens is 4. The van der Waals surface area contributed by atoms with Gasteiger partial charge in [0.2, 0.25) is 0 Å². The van der Waals surface area contributed by atoms with E-state index in [2.05, 4.69) is 15.3 Å². The molecule has 5 rings (SSSR count). The van der Waals surface area contributed by atoms with Crippen LogP contribution in [-0.2, 0) is 0 Å². The van der Waals surface area contributed by atoms with Crippen molar-refractivity contribution in [3.8, 4) is 16.9 Å². The Labute approximate surface area is 185 Å². The first kappa shape index (κ1) is 19.3. The van der Waals surface area contributed by atoms with Crippen LogP contribution < -0.4 is 5.32 Å². The van der Waals surface area contributed by atoms with E-state index in [0.29, 0.717) is 16.1 Å². The summed E-state index contributed by atoms with van der Waals surface area (Å²) in [5.41, 5.74) is 4.15. The lowest BCUT2D eigenvalue weighted by Gasteiger charge is -2.23. The number of fused-ring (bicyclic) bond motifs is 1. The molecule has 0 atom stereocenters. The lowest BCUT2D eigenvalue weighted by Crippen LogP contribution is -2.23. The zero-order valence-electron chi connectivity index (χ0n) is 16.4. The molecule has 0 amide bonds. The van der Waals surface area contributed by atoms with Crippen molar-refractivity contribution < 1.29 is 0 Å². The number of nitrogens with zero attached hydrogens (tertiary/aromatic N) is 4. The third-order valence-corrected chi connectivity index (χ3v) is 6.17. The fourth-order valence-corrected chi connectivity index (χ4v) is 4.45. The van der Waals surface area contributed by atoms with E-state index in [1.54, 1.807) is 6.33 Å². The van der Waals surface area contributed by atoms with Gasteiger partial charge in [-0.15, -0.1) is 0 Å². The maximum Gasteiger partial charge on any atom is 0.158 e. The number of halogens is 2. The maximum absolute atomic E-state index is 6.53. The van der Waals surface area contributed by atoms with Gasteiger partial charge in [-0.2, -0.15) is 5.10 Å². The highest BCUT2D eigenvalue weighted by atomic mass is 35.5. The Bertz CT molecular complexity index is 1180. The van der Waals surface area contributed by atoms with Gasteiger partial charge in [-0.3, -0.25) is 0 Å². The van der Waals surface area contributed by atoms with E-state index >= 15 is 0 Å². The van der Waals surface area contributed by atoms with Gasteiger partial charge in [0.1, 0.15) is 17.5 Å². The molecule has 5 nitrogen and oxygen atoms in total. The lowest BCUT2D eigenvalue weighted by atomic mass is 9.95. The second kappa shape index (κ2) is 8.25. The number of benzene rings is 2. The van der Waals surface area contributed by atoms with Gasteiger partial charge in [-0.25, -0.2) is 14.6 Å². The van der Waals surface area contributed by atoms with Gasteiger partial charge in [-0.1, -0.05) is 66.7 Å². The molecule has 2 aromatic carbocycles. The summed E-state index contributed by atoms with van der Waals surface area (Å²) in [6.45, 7) is 0. The average molecular weight is 438 g/mol. The Morgan fingerprint density at radius 1 is 0.867 bits per heavy atom. The highest BCUT2D eigenvalue weighted by Gasteiger charge is 2.22. The molecular weight excluding hydrogens is 417 g/mol. The summed E-state index contributed by atoms with van der Waals surface area (Å²) in [4.78, 5) is 9.13. The Balaban J connectivity index is 1.70. The van der Waals surface area contributed by atoms with Crippen molar-refractivity contribution in [2.45, 2.75) is 38.1 Å². The molecule has 4 aromatic rings. The molecule has 1 aliphatic carbocycles. The Morgan fingerprint density at radius 2 is 1.63 bits per heavy atom. The molecule has 1 saturated carbocycles. The highest BCUT2D eigenvalue weighted by Crippen LogP contribution is 2.35. The molecule has 0 radical (unpaired) electrons. The Kier molecular flexibility index (Phi) is 5.32. The molecule has 0 bridgehead atoms. The number of para-hydroxylation sites is 1. The van der Waals surface area contributed by atoms with E-state index in [0.717, 1.165) is 46.6 Å². The summed E-state index contributed by atoms with van der Waals surface area (Å²) in [6.07, 6.45) is 7.71. The first-order valence-electron chi connectivity index (χ1n) is 10.2. The molecule has 2 heterocycles. The molecule has 0 unspecified atom stereocenters. The molecule has 1 fully saturated rings. The second-order valence-electron chi connectivity index (χ2n) is 7.62. The molecule has 7 heteroatoms. The highest BCUT2D eigenvalue weighted by molar-refractivity contribution is 6.32. The van der Waals surface area contributed by atoms with Crippen LogP contribution in [0.3, 0.4) is 0 Å². The van der Waals surface area contributed by atoms with Crippen LogP contribution >= 0.6 is 23.2 Å². The van der Waals surface area contributed by atoms with Crippen LogP contribution in [0.4, 0.5) is 5.82 Å². The second-order valence-corrected chi connectivity index (χ2v) is 8.46. The standard InChI is InChI=1S/C23H21Cl2N5/c24-16-12-10-15(11-13-16)22-20-21(29-30(22)19-9-5-4-8-18(19)25)23(27-14-26-20)28-17-6-2-1-3-7-17/h4-5,8-14,17H,1-3,6-7H2,(H,26,27,28). The van der Waals surface area contributed by atoms with Crippen LogP contribution in [0.2, 0.25) is 10.0 Å². The largest absolute Gasteiger partial charge is 0.365 e. The van der Waals surface area contributed by atoms with Gasteiger partial charge in [0.25, 0.3) is 0 Å². The van der Waals surface area contributed by atoms with Gasteiger partial charge in [-0.05, 0) is 37.1 Å². The quantitative estimate of drug-likeness (QED) is 0.393. The minimum atomic E-state index is 0.418. The fraction of sp³-hybridized carbons (Fsp3) is 0.261. The van der Waals surface area contributed by atoms with Crippen molar-refractivity contribution in [2.75, 3.05) is 5.32 Å². The van der Waals surface area contributed by atoms with Gasteiger partial charge in [0.05, 0.1) is 10.7 Å². The first-order chi connectivity index (χ1) is 14.7. The van der Waals surface area contributed by atoms with Crippen LogP contribution in [-0.4, -0.2) is 25.8 Å². The number of hydrogen-bond donors (Lipinski definition) is 1. The lowest BCUT2D eigenvalue weighted by molar-refractivity contribution is 0.462. The molecule has 30 heavy (non-hydrogen) atoms. The van der Waals surface area contributed by atoms with Crippen LogP contribution in [0.5, 0.6) is 0 Å². The number of rotatable bonds is 4. The van der Waals surface area contributed by atoms with E-state index in [1.807, 2.05) is 53.2 Å². The van der Waals surface area contributed by atoms with Crippen molar-refractivity contribution in [1.29, 1.82) is 0 Å². The SMILES string of the molecule is Clc1ccc(-c2c3ncnc(NC4CCCCC4)c3nn2-c2ccccc2Cl)cc1. The van der Waals surface area contributed by atoms with Crippen LogP contribution in [0.15, 0.2) is 54.9 Å². The van der Waals surface area contributed by atoms with E-state index in [9.17, 15) is 0 Å². The minimum absolute atomic E-state index is 0.418. The summed E-state index contributed by atoms with van der Waals surface area (Å²) in [7, 11) is 0. The van der Waals surface area contributed by atoms with Crippen LogP contribution in [0.25, 0.3) is 28.0 Å². The molecule has 0 spiro atoms. The summed E-state index contributed by atoms with van der Waals surface area (Å²) in [5.74, 6) is 0.771. The number of anilines is 1. The van der Waals surface area contributed by atoms with Crippen molar-refractivity contribution >= 4 is 40.1 Å². The average Bonchev–Trinajstić information content (AvgIpc) is 3.16. The maximum atomic E-state index is 6.53. The Hall–Kier alpha value is -2.63. The van der Waals surface area contributed by atoms with E-state index in [4.69, 9.17) is 28.3 Å².